The van der Waals surface area contributed by atoms with E-state index in [0.717, 1.165) is 37.0 Å². The minimum atomic E-state index is 0.276. The summed E-state index contributed by atoms with van der Waals surface area (Å²) in [5.74, 6) is 0. The normalized spacial score (nSPS) is 13.3. The molecule has 0 aliphatic carbocycles. The average molecular weight is 247 g/mol. The van der Waals surface area contributed by atoms with Gasteiger partial charge >= 0.3 is 0 Å². The van der Waals surface area contributed by atoms with E-state index in [2.05, 4.69) is 29.1 Å². The molecular formula is C14H21N3O. The second kappa shape index (κ2) is 5.98. The molecule has 4 heteroatoms. The van der Waals surface area contributed by atoms with Crippen LogP contribution in [0.1, 0.15) is 18.9 Å². The summed E-state index contributed by atoms with van der Waals surface area (Å²) in [5, 5.41) is 0. The second-order valence-corrected chi connectivity index (χ2v) is 4.97. The maximum atomic E-state index is 5.75. The molecule has 0 fully saturated rings. The number of aromatic nitrogens is 1. The Hall–Kier alpha value is -1.39. The van der Waals surface area contributed by atoms with Gasteiger partial charge < -0.3 is 15.1 Å². The van der Waals surface area contributed by atoms with Gasteiger partial charge in [0.15, 0.2) is 12.0 Å². The Bertz CT molecular complexity index is 492. The molecule has 0 spiro atoms. The van der Waals surface area contributed by atoms with Crippen molar-refractivity contribution in [2.24, 2.45) is 5.73 Å². The second-order valence-electron chi connectivity index (χ2n) is 4.97. The van der Waals surface area contributed by atoms with Crippen LogP contribution >= 0.6 is 0 Å². The topological polar surface area (TPSA) is 55.3 Å². The molecule has 4 nitrogen and oxygen atoms in total. The Morgan fingerprint density at radius 3 is 3.00 bits per heavy atom. The van der Waals surface area contributed by atoms with Crippen LogP contribution in [0.3, 0.4) is 0 Å². The number of fused-ring (bicyclic) bond motifs is 1. The molecule has 1 unspecified atom stereocenters. The predicted octanol–water partition coefficient (Wildman–Crippen LogP) is 2.04. The third-order valence-electron chi connectivity index (χ3n) is 3.14. The van der Waals surface area contributed by atoms with Crippen molar-refractivity contribution in [3.05, 3.63) is 30.2 Å². The molecular weight excluding hydrogens is 226 g/mol. The smallest absolute Gasteiger partial charge is 0.181 e. The molecule has 2 rings (SSSR count). The number of oxazole rings is 1. The van der Waals surface area contributed by atoms with E-state index in [9.17, 15) is 0 Å². The van der Waals surface area contributed by atoms with E-state index in [-0.39, 0.29) is 6.04 Å². The molecule has 0 aliphatic rings. The van der Waals surface area contributed by atoms with Gasteiger partial charge in [-0.3, -0.25) is 0 Å². The molecule has 2 aromatic rings. The van der Waals surface area contributed by atoms with Crippen molar-refractivity contribution in [2.45, 2.75) is 25.8 Å². The van der Waals surface area contributed by atoms with Crippen molar-refractivity contribution < 1.29 is 4.42 Å². The van der Waals surface area contributed by atoms with Crippen LogP contribution in [0.15, 0.2) is 29.0 Å². The molecule has 0 saturated carbocycles. The standard InChI is InChI=1S/C14H21N3O/c1-11(15)5-7-17(2)8-6-12-3-4-13-14(9-12)18-10-16-13/h3-4,9-11H,5-8,15H2,1-2H3. The fourth-order valence-electron chi connectivity index (χ4n) is 1.91. The maximum Gasteiger partial charge on any atom is 0.181 e. The molecule has 1 heterocycles. The zero-order chi connectivity index (χ0) is 13.0. The lowest BCUT2D eigenvalue weighted by Crippen LogP contribution is -2.27. The van der Waals surface area contributed by atoms with Gasteiger partial charge in [0.05, 0.1) is 0 Å². The van der Waals surface area contributed by atoms with Crippen LogP contribution in [0.2, 0.25) is 0 Å². The summed E-state index contributed by atoms with van der Waals surface area (Å²) < 4.78 is 5.30. The van der Waals surface area contributed by atoms with Gasteiger partial charge in [-0.15, -0.1) is 0 Å². The summed E-state index contributed by atoms with van der Waals surface area (Å²) in [6, 6.07) is 6.47. The maximum absolute atomic E-state index is 5.75. The lowest BCUT2D eigenvalue weighted by Gasteiger charge is -2.17. The number of benzene rings is 1. The van der Waals surface area contributed by atoms with Gasteiger partial charge in [0.25, 0.3) is 0 Å². The van der Waals surface area contributed by atoms with Gasteiger partial charge in [-0.1, -0.05) is 6.07 Å². The molecule has 1 aromatic heterocycles. The van der Waals surface area contributed by atoms with Crippen molar-refractivity contribution in [2.75, 3.05) is 20.1 Å². The third kappa shape index (κ3) is 3.55. The average Bonchev–Trinajstić information content (AvgIpc) is 2.81. The lowest BCUT2D eigenvalue weighted by molar-refractivity contribution is 0.324. The minimum Gasteiger partial charge on any atom is -0.443 e. The zero-order valence-corrected chi connectivity index (χ0v) is 11.1. The zero-order valence-electron chi connectivity index (χ0n) is 11.1. The molecule has 0 radical (unpaired) electrons. The highest BCUT2D eigenvalue weighted by Gasteiger charge is 2.03. The molecule has 1 atom stereocenters. The van der Waals surface area contributed by atoms with Gasteiger partial charge in [-0.05, 0) is 51.1 Å². The van der Waals surface area contributed by atoms with Crippen molar-refractivity contribution in [1.82, 2.24) is 9.88 Å². The summed E-state index contributed by atoms with van der Waals surface area (Å²) in [6.45, 7) is 4.13. The van der Waals surface area contributed by atoms with Crippen molar-refractivity contribution >= 4 is 11.1 Å². The molecule has 0 amide bonds. The summed E-state index contributed by atoms with van der Waals surface area (Å²) in [4.78, 5) is 6.43. The quantitative estimate of drug-likeness (QED) is 0.848. The Morgan fingerprint density at radius 2 is 2.22 bits per heavy atom. The number of nitrogens with two attached hydrogens (primary N) is 1. The predicted molar refractivity (Wildman–Crippen MR) is 73.5 cm³/mol. The number of hydrogen-bond acceptors (Lipinski definition) is 4. The number of likely N-dealkylation sites (N-methyl/N-ethyl adjacent to an activating group) is 1. The highest BCUT2D eigenvalue weighted by Crippen LogP contribution is 2.14. The molecule has 2 N–H and O–H groups in total. The Labute approximate surface area is 108 Å². The Balaban J connectivity index is 1.85. The number of rotatable bonds is 6. The van der Waals surface area contributed by atoms with Gasteiger partial charge in [0.2, 0.25) is 0 Å². The number of nitrogens with zero attached hydrogens (tertiary/aromatic N) is 2. The van der Waals surface area contributed by atoms with Gasteiger partial charge in [0.1, 0.15) is 5.52 Å². The van der Waals surface area contributed by atoms with Crippen LogP contribution in [-0.2, 0) is 6.42 Å². The van der Waals surface area contributed by atoms with Crippen LogP contribution in [0.4, 0.5) is 0 Å². The van der Waals surface area contributed by atoms with Gasteiger partial charge in [-0.2, -0.15) is 0 Å². The monoisotopic (exact) mass is 247 g/mol. The first-order valence-electron chi connectivity index (χ1n) is 6.41. The Kier molecular flexibility index (Phi) is 4.33. The summed E-state index contributed by atoms with van der Waals surface area (Å²) in [6.07, 6.45) is 3.55. The Morgan fingerprint density at radius 1 is 1.39 bits per heavy atom. The van der Waals surface area contributed by atoms with Crippen LogP contribution in [-0.4, -0.2) is 36.1 Å². The van der Waals surface area contributed by atoms with Crippen molar-refractivity contribution in [3.63, 3.8) is 0 Å². The van der Waals surface area contributed by atoms with Crippen LogP contribution in [0.25, 0.3) is 11.1 Å². The fourth-order valence-corrected chi connectivity index (χ4v) is 1.91. The summed E-state index contributed by atoms with van der Waals surface area (Å²) >= 11 is 0. The van der Waals surface area contributed by atoms with Crippen molar-refractivity contribution in [1.29, 1.82) is 0 Å². The highest BCUT2D eigenvalue weighted by molar-refractivity contribution is 5.72. The molecule has 0 bridgehead atoms. The third-order valence-corrected chi connectivity index (χ3v) is 3.14. The van der Waals surface area contributed by atoms with E-state index >= 15 is 0 Å². The highest BCUT2D eigenvalue weighted by atomic mass is 16.3. The molecule has 1 aromatic carbocycles. The van der Waals surface area contributed by atoms with Crippen LogP contribution in [0.5, 0.6) is 0 Å². The largest absolute Gasteiger partial charge is 0.443 e. The lowest BCUT2D eigenvalue weighted by atomic mass is 10.1. The van der Waals surface area contributed by atoms with E-state index in [1.165, 1.54) is 12.0 Å². The molecule has 0 saturated heterocycles. The molecule has 0 aliphatic heterocycles. The van der Waals surface area contributed by atoms with E-state index in [1.807, 2.05) is 13.0 Å². The van der Waals surface area contributed by atoms with Gasteiger partial charge in [-0.25, -0.2) is 4.98 Å². The van der Waals surface area contributed by atoms with Gasteiger partial charge in [0, 0.05) is 12.6 Å². The molecule has 98 valence electrons. The molecule has 18 heavy (non-hydrogen) atoms. The van der Waals surface area contributed by atoms with E-state index < -0.39 is 0 Å². The first-order chi connectivity index (χ1) is 8.65. The van der Waals surface area contributed by atoms with Crippen LogP contribution in [0, 0.1) is 0 Å². The van der Waals surface area contributed by atoms with E-state index in [1.54, 1.807) is 0 Å². The van der Waals surface area contributed by atoms with Crippen LogP contribution < -0.4 is 5.73 Å². The first kappa shape index (κ1) is 13.1. The minimum absolute atomic E-state index is 0.276. The first-order valence-corrected chi connectivity index (χ1v) is 6.41. The number of hydrogen-bond donors (Lipinski definition) is 1. The SMILES string of the molecule is CC(N)CCN(C)CCc1ccc2ncoc2c1. The van der Waals surface area contributed by atoms with E-state index in [4.69, 9.17) is 10.2 Å². The summed E-state index contributed by atoms with van der Waals surface area (Å²) in [7, 11) is 2.13. The van der Waals surface area contributed by atoms with E-state index in [0.29, 0.717) is 0 Å². The fraction of sp³-hybridized carbons (Fsp3) is 0.500. The summed E-state index contributed by atoms with van der Waals surface area (Å²) in [5.41, 5.74) is 8.82. The van der Waals surface area contributed by atoms with Crippen molar-refractivity contribution in [3.8, 4) is 0 Å².